The van der Waals surface area contributed by atoms with E-state index in [0.717, 1.165) is 13.0 Å². The van der Waals surface area contributed by atoms with Crippen LogP contribution in [0.25, 0.3) is 0 Å². The Morgan fingerprint density at radius 1 is 1.62 bits per heavy atom. The molecule has 0 aromatic carbocycles. The van der Waals surface area contributed by atoms with E-state index in [4.69, 9.17) is 5.11 Å². The van der Waals surface area contributed by atoms with Gasteiger partial charge >= 0.3 is 5.97 Å². The molecule has 1 amide bonds. The van der Waals surface area contributed by atoms with Crippen LogP contribution in [-0.4, -0.2) is 40.7 Å². The highest BCUT2D eigenvalue weighted by atomic mass is 16.4. The van der Waals surface area contributed by atoms with Crippen molar-refractivity contribution in [2.24, 2.45) is 5.92 Å². The van der Waals surface area contributed by atoms with Gasteiger partial charge in [0.25, 0.3) is 0 Å². The standard InChI is InChI=1S/C10H17N3O3/c1-6-7(2-3-9(14)15)10(16)13-8(12-6)4-5-11-13/h6-8,11-12H,2-5H2,1H3,(H,14,15). The summed E-state index contributed by atoms with van der Waals surface area (Å²) in [7, 11) is 0. The number of hydrogen-bond acceptors (Lipinski definition) is 4. The third-order valence-corrected chi connectivity index (χ3v) is 3.29. The van der Waals surface area contributed by atoms with Crippen LogP contribution in [0.4, 0.5) is 0 Å². The zero-order valence-corrected chi connectivity index (χ0v) is 9.27. The number of carboxylic acids is 1. The maximum Gasteiger partial charge on any atom is 0.303 e. The first-order chi connectivity index (χ1) is 7.59. The van der Waals surface area contributed by atoms with Crippen molar-refractivity contribution in [1.82, 2.24) is 15.8 Å². The van der Waals surface area contributed by atoms with Gasteiger partial charge in [-0.05, 0) is 19.8 Å². The highest BCUT2D eigenvalue weighted by Crippen LogP contribution is 2.23. The molecule has 3 N–H and O–H groups in total. The molecule has 2 fully saturated rings. The lowest BCUT2D eigenvalue weighted by atomic mass is 9.92. The molecule has 2 saturated heterocycles. The monoisotopic (exact) mass is 227 g/mol. The van der Waals surface area contributed by atoms with Crippen molar-refractivity contribution < 1.29 is 14.7 Å². The SMILES string of the molecule is CC1NC2CCNN2C(=O)C1CCC(=O)O. The number of nitrogens with one attached hydrogen (secondary N) is 2. The summed E-state index contributed by atoms with van der Waals surface area (Å²) < 4.78 is 0. The van der Waals surface area contributed by atoms with Gasteiger partial charge in [0.2, 0.25) is 5.91 Å². The Bertz CT molecular complexity index is 308. The molecule has 0 aromatic heterocycles. The Morgan fingerprint density at radius 2 is 2.38 bits per heavy atom. The van der Waals surface area contributed by atoms with Gasteiger partial charge < -0.3 is 5.11 Å². The second-order valence-corrected chi connectivity index (χ2v) is 4.42. The first-order valence-electron chi connectivity index (χ1n) is 5.64. The van der Waals surface area contributed by atoms with E-state index in [1.807, 2.05) is 6.92 Å². The Kier molecular flexibility index (Phi) is 3.11. The van der Waals surface area contributed by atoms with E-state index < -0.39 is 5.97 Å². The Morgan fingerprint density at radius 3 is 3.06 bits per heavy atom. The molecule has 3 atom stereocenters. The zero-order chi connectivity index (χ0) is 11.7. The number of carbonyl (C=O) groups is 2. The number of fused-ring (bicyclic) bond motifs is 1. The first-order valence-corrected chi connectivity index (χ1v) is 5.64. The zero-order valence-electron chi connectivity index (χ0n) is 9.27. The molecule has 0 spiro atoms. The van der Waals surface area contributed by atoms with E-state index in [2.05, 4.69) is 10.7 Å². The van der Waals surface area contributed by atoms with Crippen molar-refractivity contribution in [3.05, 3.63) is 0 Å². The molecule has 0 aliphatic carbocycles. The number of amides is 1. The first kappa shape index (κ1) is 11.3. The largest absolute Gasteiger partial charge is 0.481 e. The van der Waals surface area contributed by atoms with E-state index in [-0.39, 0.29) is 30.5 Å². The minimum atomic E-state index is -0.850. The Labute approximate surface area is 94.0 Å². The molecular weight excluding hydrogens is 210 g/mol. The normalized spacial score (nSPS) is 33.9. The molecule has 6 heteroatoms. The van der Waals surface area contributed by atoms with E-state index in [1.54, 1.807) is 5.01 Å². The molecule has 3 unspecified atom stereocenters. The maximum atomic E-state index is 12.1. The number of nitrogens with zero attached hydrogens (tertiary/aromatic N) is 1. The highest BCUT2D eigenvalue weighted by Gasteiger charge is 2.41. The van der Waals surface area contributed by atoms with Gasteiger partial charge in [-0.25, -0.2) is 5.43 Å². The third kappa shape index (κ3) is 2.03. The molecule has 0 radical (unpaired) electrons. The predicted molar refractivity (Wildman–Crippen MR) is 56.2 cm³/mol. The summed E-state index contributed by atoms with van der Waals surface area (Å²) in [6.07, 6.45) is 1.42. The van der Waals surface area contributed by atoms with Crippen LogP contribution in [0.3, 0.4) is 0 Å². The molecule has 6 nitrogen and oxygen atoms in total. The summed E-state index contributed by atoms with van der Waals surface area (Å²) in [6.45, 7) is 2.74. The molecular formula is C10H17N3O3. The third-order valence-electron chi connectivity index (χ3n) is 3.29. The van der Waals surface area contributed by atoms with Gasteiger partial charge in [-0.1, -0.05) is 0 Å². The summed E-state index contributed by atoms with van der Waals surface area (Å²) in [5.41, 5.74) is 3.02. The summed E-state index contributed by atoms with van der Waals surface area (Å²) in [5, 5.41) is 13.6. The minimum absolute atomic E-state index is 0.0231. The molecule has 2 heterocycles. The molecule has 2 rings (SSSR count). The van der Waals surface area contributed by atoms with E-state index >= 15 is 0 Å². The van der Waals surface area contributed by atoms with Crippen molar-refractivity contribution in [2.75, 3.05) is 6.54 Å². The van der Waals surface area contributed by atoms with Crippen molar-refractivity contribution >= 4 is 11.9 Å². The van der Waals surface area contributed by atoms with Crippen molar-refractivity contribution in [2.45, 2.75) is 38.4 Å². The average Bonchev–Trinajstić information content (AvgIpc) is 2.64. The van der Waals surface area contributed by atoms with Crippen LogP contribution in [0.2, 0.25) is 0 Å². The number of aliphatic carboxylic acids is 1. The lowest BCUT2D eigenvalue weighted by molar-refractivity contribution is -0.146. The fourth-order valence-electron chi connectivity index (χ4n) is 2.41. The van der Waals surface area contributed by atoms with Gasteiger partial charge in [-0.2, -0.15) is 0 Å². The lowest BCUT2D eigenvalue weighted by Crippen LogP contribution is -2.62. The second-order valence-electron chi connectivity index (χ2n) is 4.42. The van der Waals surface area contributed by atoms with Gasteiger partial charge in [0.1, 0.15) is 0 Å². The van der Waals surface area contributed by atoms with Crippen LogP contribution in [0.15, 0.2) is 0 Å². The number of carboxylic acid groups (broad SMARTS) is 1. The van der Waals surface area contributed by atoms with Gasteiger partial charge in [0.15, 0.2) is 0 Å². The number of rotatable bonds is 3. The molecule has 2 aliphatic heterocycles. The Balaban J connectivity index is 2.01. The smallest absolute Gasteiger partial charge is 0.303 e. The maximum absolute atomic E-state index is 12.1. The summed E-state index contributed by atoms with van der Waals surface area (Å²) in [5.74, 6) is -1.07. The average molecular weight is 227 g/mol. The molecule has 2 aliphatic rings. The van der Waals surface area contributed by atoms with Gasteiger partial charge in [0.05, 0.1) is 12.1 Å². The lowest BCUT2D eigenvalue weighted by Gasteiger charge is -2.39. The molecule has 0 bridgehead atoms. The predicted octanol–water partition coefficient (Wildman–Crippen LogP) is -0.478. The van der Waals surface area contributed by atoms with Crippen LogP contribution in [0.1, 0.15) is 26.2 Å². The Hall–Kier alpha value is -1.14. The number of hydrogen-bond donors (Lipinski definition) is 3. The summed E-state index contributed by atoms with van der Waals surface area (Å²) >= 11 is 0. The van der Waals surface area contributed by atoms with Crippen molar-refractivity contribution in [1.29, 1.82) is 0 Å². The fraction of sp³-hybridized carbons (Fsp3) is 0.800. The van der Waals surface area contributed by atoms with Crippen molar-refractivity contribution in [3.8, 4) is 0 Å². The highest BCUT2D eigenvalue weighted by molar-refractivity contribution is 5.81. The minimum Gasteiger partial charge on any atom is -0.481 e. The van der Waals surface area contributed by atoms with E-state index in [9.17, 15) is 9.59 Å². The van der Waals surface area contributed by atoms with Gasteiger partial charge in [-0.3, -0.25) is 19.9 Å². The number of hydrazine groups is 1. The van der Waals surface area contributed by atoms with Crippen molar-refractivity contribution in [3.63, 3.8) is 0 Å². The molecule has 0 aromatic rings. The van der Waals surface area contributed by atoms with E-state index in [0.29, 0.717) is 6.42 Å². The molecule has 16 heavy (non-hydrogen) atoms. The van der Waals surface area contributed by atoms with Crippen LogP contribution < -0.4 is 10.7 Å². The molecule has 0 saturated carbocycles. The number of carbonyl (C=O) groups excluding carboxylic acids is 1. The topological polar surface area (TPSA) is 81.7 Å². The fourth-order valence-corrected chi connectivity index (χ4v) is 2.41. The quantitative estimate of drug-likeness (QED) is 0.607. The van der Waals surface area contributed by atoms with Crippen LogP contribution in [0, 0.1) is 5.92 Å². The van der Waals surface area contributed by atoms with Gasteiger partial charge in [-0.15, -0.1) is 0 Å². The summed E-state index contributed by atoms with van der Waals surface area (Å²) in [6, 6.07) is 0.0491. The second kappa shape index (κ2) is 4.39. The van der Waals surface area contributed by atoms with E-state index in [1.165, 1.54) is 0 Å². The van der Waals surface area contributed by atoms with Crippen LogP contribution in [-0.2, 0) is 9.59 Å². The van der Waals surface area contributed by atoms with Gasteiger partial charge in [0, 0.05) is 19.0 Å². The van der Waals surface area contributed by atoms with Crippen LogP contribution in [0.5, 0.6) is 0 Å². The molecule has 90 valence electrons. The van der Waals surface area contributed by atoms with Crippen LogP contribution >= 0.6 is 0 Å². The summed E-state index contributed by atoms with van der Waals surface area (Å²) in [4.78, 5) is 22.6.